The predicted molar refractivity (Wildman–Crippen MR) is 111 cm³/mol. The summed E-state index contributed by atoms with van der Waals surface area (Å²) >= 11 is 0. The molecule has 7 N–H and O–H groups in total. The topological polar surface area (TPSA) is 195 Å². The van der Waals surface area contributed by atoms with E-state index in [4.69, 9.17) is 11.5 Å². The van der Waals surface area contributed by atoms with Gasteiger partial charge in [0, 0.05) is 18.3 Å². The minimum atomic E-state index is -1.29. The highest BCUT2D eigenvalue weighted by atomic mass is 16.4. The molecule has 0 spiro atoms. The molecule has 0 bridgehead atoms. The number of aromatic carboxylic acids is 1. The highest BCUT2D eigenvalue weighted by molar-refractivity contribution is 5.96. The number of benzene rings is 1. The molecule has 0 saturated heterocycles. The molecule has 4 rings (SSSR count). The first-order valence-corrected chi connectivity index (χ1v) is 8.86. The van der Waals surface area contributed by atoms with Crippen LogP contribution in [0.3, 0.4) is 0 Å². The quantitative estimate of drug-likeness (QED) is 0.261. The Balaban J connectivity index is 1.52. The van der Waals surface area contributed by atoms with E-state index in [-0.39, 0.29) is 40.6 Å². The van der Waals surface area contributed by atoms with Gasteiger partial charge in [-0.25, -0.2) is 14.3 Å². The SMILES string of the molecule is Nc1c(Nc2cccc(CNC(=O)c3cc(C(=O)O)n4ncc(N)c4n3)c2)c(=O)c1=O. The Morgan fingerprint density at radius 1 is 1.13 bits per heavy atom. The van der Waals surface area contributed by atoms with Crippen molar-refractivity contribution in [1.82, 2.24) is 19.9 Å². The van der Waals surface area contributed by atoms with E-state index >= 15 is 0 Å². The van der Waals surface area contributed by atoms with E-state index in [0.717, 1.165) is 10.6 Å². The molecule has 4 aromatic rings. The van der Waals surface area contributed by atoms with Gasteiger partial charge in [-0.1, -0.05) is 12.1 Å². The number of rotatable bonds is 6. The van der Waals surface area contributed by atoms with Gasteiger partial charge in [-0.2, -0.15) is 5.10 Å². The zero-order chi connectivity index (χ0) is 22.3. The van der Waals surface area contributed by atoms with E-state index < -0.39 is 22.7 Å². The number of hydrogen-bond acceptors (Lipinski definition) is 9. The fourth-order valence-corrected chi connectivity index (χ4v) is 2.96. The minimum Gasteiger partial charge on any atom is -0.477 e. The van der Waals surface area contributed by atoms with Gasteiger partial charge in [-0.05, 0) is 17.7 Å². The number of carbonyl (C=O) groups excluding carboxylic acids is 1. The van der Waals surface area contributed by atoms with Gasteiger partial charge in [0.15, 0.2) is 11.3 Å². The molecule has 156 valence electrons. The molecule has 2 aromatic heterocycles. The second kappa shape index (κ2) is 7.26. The maximum absolute atomic E-state index is 12.6. The first-order valence-electron chi connectivity index (χ1n) is 8.86. The van der Waals surface area contributed by atoms with Gasteiger partial charge in [0.1, 0.15) is 17.1 Å². The van der Waals surface area contributed by atoms with Crippen molar-refractivity contribution < 1.29 is 14.7 Å². The third kappa shape index (κ3) is 3.42. The first kappa shape index (κ1) is 19.6. The highest BCUT2D eigenvalue weighted by Crippen LogP contribution is 2.19. The van der Waals surface area contributed by atoms with Gasteiger partial charge in [-0.15, -0.1) is 0 Å². The summed E-state index contributed by atoms with van der Waals surface area (Å²) in [6.45, 7) is 0.0831. The summed E-state index contributed by atoms with van der Waals surface area (Å²) in [5.74, 6) is -1.91. The lowest BCUT2D eigenvalue weighted by atomic mass is 10.1. The normalized spacial score (nSPS) is 11.0. The summed E-state index contributed by atoms with van der Waals surface area (Å²) in [5, 5.41) is 18.6. The van der Waals surface area contributed by atoms with E-state index in [1.807, 2.05) is 0 Å². The summed E-state index contributed by atoms with van der Waals surface area (Å²) in [6, 6.07) is 7.84. The summed E-state index contributed by atoms with van der Waals surface area (Å²) in [6.07, 6.45) is 1.25. The van der Waals surface area contributed by atoms with Crippen molar-refractivity contribution in [1.29, 1.82) is 0 Å². The predicted octanol–water partition coefficient (Wildman–Crippen LogP) is -0.139. The third-order valence-corrected chi connectivity index (χ3v) is 4.55. The van der Waals surface area contributed by atoms with Crippen molar-refractivity contribution in [2.45, 2.75) is 6.54 Å². The molecule has 0 aliphatic carbocycles. The second-order valence-corrected chi connectivity index (χ2v) is 6.62. The zero-order valence-corrected chi connectivity index (χ0v) is 15.7. The molecule has 0 aliphatic heterocycles. The molecule has 12 heteroatoms. The second-order valence-electron chi connectivity index (χ2n) is 6.62. The van der Waals surface area contributed by atoms with Crippen LogP contribution in [0.1, 0.15) is 26.5 Å². The molecular weight excluding hydrogens is 406 g/mol. The van der Waals surface area contributed by atoms with Crippen LogP contribution in [0.15, 0.2) is 46.1 Å². The first-order chi connectivity index (χ1) is 14.8. The van der Waals surface area contributed by atoms with Gasteiger partial charge in [-0.3, -0.25) is 14.4 Å². The van der Waals surface area contributed by atoms with Crippen LogP contribution in [0.4, 0.5) is 22.7 Å². The highest BCUT2D eigenvalue weighted by Gasteiger charge is 2.19. The van der Waals surface area contributed by atoms with Crippen LogP contribution in [0.2, 0.25) is 0 Å². The van der Waals surface area contributed by atoms with E-state index in [0.29, 0.717) is 11.3 Å². The van der Waals surface area contributed by atoms with Crippen molar-refractivity contribution in [2.75, 3.05) is 16.8 Å². The Kier molecular flexibility index (Phi) is 4.58. The number of nitrogens with zero attached hydrogens (tertiary/aromatic N) is 3. The number of anilines is 4. The van der Waals surface area contributed by atoms with Gasteiger partial charge in [0.25, 0.3) is 16.8 Å². The number of hydrogen-bond donors (Lipinski definition) is 5. The number of nitrogens with two attached hydrogens (primary N) is 2. The monoisotopic (exact) mass is 421 g/mol. The van der Waals surface area contributed by atoms with Crippen molar-refractivity contribution in [3.8, 4) is 0 Å². The lowest BCUT2D eigenvalue weighted by Gasteiger charge is -2.12. The van der Waals surface area contributed by atoms with Crippen molar-refractivity contribution >= 4 is 40.3 Å². The number of carbonyl (C=O) groups is 2. The molecule has 12 nitrogen and oxygen atoms in total. The summed E-state index contributed by atoms with van der Waals surface area (Å²) in [4.78, 5) is 50.9. The average Bonchev–Trinajstić information content (AvgIpc) is 3.15. The van der Waals surface area contributed by atoms with Gasteiger partial charge in [0.2, 0.25) is 0 Å². The fourth-order valence-electron chi connectivity index (χ4n) is 2.96. The summed E-state index contributed by atoms with van der Waals surface area (Å²) in [7, 11) is 0. The van der Waals surface area contributed by atoms with Crippen LogP contribution in [0, 0.1) is 0 Å². The van der Waals surface area contributed by atoms with Gasteiger partial charge >= 0.3 is 5.97 Å². The molecule has 0 atom stereocenters. The number of fused-ring (bicyclic) bond motifs is 1. The molecule has 2 aromatic carbocycles. The molecule has 0 fully saturated rings. The van der Waals surface area contributed by atoms with Crippen molar-refractivity contribution in [3.63, 3.8) is 0 Å². The molecule has 1 amide bonds. The molecule has 0 radical (unpaired) electrons. The molecule has 0 aliphatic rings. The van der Waals surface area contributed by atoms with Crippen molar-refractivity contribution in [3.05, 3.63) is 73.9 Å². The Morgan fingerprint density at radius 2 is 1.90 bits per heavy atom. The molecule has 2 heterocycles. The van der Waals surface area contributed by atoms with Crippen LogP contribution >= 0.6 is 0 Å². The Hall–Kier alpha value is -4.74. The van der Waals surface area contributed by atoms with Crippen LogP contribution < -0.4 is 33.0 Å². The van der Waals surface area contributed by atoms with E-state index in [9.17, 15) is 24.3 Å². The van der Waals surface area contributed by atoms with E-state index in [1.165, 1.54) is 6.20 Å². The number of nitrogens with one attached hydrogen (secondary N) is 2. The smallest absolute Gasteiger partial charge is 0.354 e. The molecule has 0 unspecified atom stereocenters. The van der Waals surface area contributed by atoms with E-state index in [2.05, 4.69) is 20.7 Å². The van der Waals surface area contributed by atoms with Gasteiger partial charge < -0.3 is 27.2 Å². The number of amides is 1. The number of aromatic nitrogens is 3. The fraction of sp³-hybridized carbons (Fsp3) is 0.0526. The maximum atomic E-state index is 12.6. The molecule has 31 heavy (non-hydrogen) atoms. The summed E-state index contributed by atoms with van der Waals surface area (Å²) in [5.41, 5.74) is 10.7. The zero-order valence-electron chi connectivity index (χ0n) is 15.7. The molecular formula is C19H15N7O5. The van der Waals surface area contributed by atoms with E-state index in [1.54, 1.807) is 24.3 Å². The third-order valence-electron chi connectivity index (χ3n) is 4.55. The number of carboxylic acids is 1. The number of carboxylic acid groups (broad SMARTS) is 1. The largest absolute Gasteiger partial charge is 0.477 e. The van der Waals surface area contributed by atoms with Crippen LogP contribution in [0.5, 0.6) is 0 Å². The van der Waals surface area contributed by atoms with Crippen LogP contribution in [0.25, 0.3) is 5.65 Å². The lowest BCUT2D eigenvalue weighted by molar-refractivity contribution is 0.0687. The Bertz CT molecular complexity index is 1430. The van der Waals surface area contributed by atoms with Crippen LogP contribution in [-0.4, -0.2) is 31.6 Å². The standard InChI is InChI=1S/C19H15N7O5/c20-10-7-23-26-12(19(30)31)5-11(25-17(10)26)18(29)22-6-8-2-1-3-9(4-8)24-14-13(21)15(27)16(14)28/h1-5,7,24H,6,20-21H2,(H,22,29)(H,30,31). The van der Waals surface area contributed by atoms with Crippen LogP contribution in [-0.2, 0) is 6.54 Å². The average molecular weight is 421 g/mol. The Labute approximate surface area is 172 Å². The lowest BCUT2D eigenvalue weighted by Crippen LogP contribution is -2.36. The van der Waals surface area contributed by atoms with Gasteiger partial charge in [0.05, 0.1) is 11.9 Å². The van der Waals surface area contributed by atoms with Crippen molar-refractivity contribution in [2.24, 2.45) is 0 Å². The minimum absolute atomic E-state index is 0.0308. The summed E-state index contributed by atoms with van der Waals surface area (Å²) < 4.78 is 1.04. The Morgan fingerprint density at radius 3 is 2.61 bits per heavy atom. The maximum Gasteiger partial charge on any atom is 0.354 e. The number of nitrogen functional groups attached to an aromatic ring is 2. The molecule has 0 saturated carbocycles.